The third kappa shape index (κ3) is 3.94. The number of nitrogens with one attached hydrogen (secondary N) is 2. The maximum atomic E-state index is 12.4. The van der Waals surface area contributed by atoms with Crippen LogP contribution in [0.25, 0.3) is 11.5 Å². The highest BCUT2D eigenvalue weighted by Gasteiger charge is 2.57. The predicted octanol–water partition coefficient (Wildman–Crippen LogP) is 3.12. The van der Waals surface area contributed by atoms with Crippen LogP contribution in [0.3, 0.4) is 0 Å². The Kier molecular flexibility index (Phi) is 5.68. The van der Waals surface area contributed by atoms with Gasteiger partial charge in [-0.05, 0) is 56.8 Å². The van der Waals surface area contributed by atoms with E-state index in [4.69, 9.17) is 4.42 Å². The molecule has 1 spiro atoms. The van der Waals surface area contributed by atoms with Crippen LogP contribution in [0.5, 0.6) is 0 Å². The number of hydrogen-bond acceptors (Lipinski definition) is 4. The fourth-order valence-electron chi connectivity index (χ4n) is 3.88. The summed E-state index contributed by atoms with van der Waals surface area (Å²) < 4.78 is 5.57. The lowest BCUT2D eigenvalue weighted by Gasteiger charge is -2.23. The van der Waals surface area contributed by atoms with Crippen molar-refractivity contribution in [1.82, 2.24) is 15.6 Å². The molecule has 1 saturated heterocycles. The molecule has 1 aromatic carbocycles. The number of piperidine rings is 1. The first-order valence-electron chi connectivity index (χ1n) is 9.16. The van der Waals surface area contributed by atoms with E-state index in [0.29, 0.717) is 24.3 Å². The summed E-state index contributed by atoms with van der Waals surface area (Å²) in [4.78, 5) is 16.9. The highest BCUT2D eigenvalue weighted by Crippen LogP contribution is 2.58. The van der Waals surface area contributed by atoms with Gasteiger partial charge in [0, 0.05) is 24.4 Å². The average molecular weight is 376 g/mol. The standard InChI is InChI=1S/C20H25N3O2.ClH/c1-14-2-4-15(5-3-14)19-23-16(13-25-19)6-9-22-18(24)17-12-20(17)7-10-21-11-8-20;/h2-5,13,17,21H,6-12H2,1H3,(H,22,24);1H. The first-order chi connectivity index (χ1) is 12.2. The minimum atomic E-state index is 0. The van der Waals surface area contributed by atoms with E-state index in [1.165, 1.54) is 5.56 Å². The van der Waals surface area contributed by atoms with E-state index in [-0.39, 0.29) is 24.2 Å². The summed E-state index contributed by atoms with van der Waals surface area (Å²) in [6.45, 7) is 4.76. The number of amides is 1. The molecule has 1 saturated carbocycles. The summed E-state index contributed by atoms with van der Waals surface area (Å²) in [5.74, 6) is 1.07. The quantitative estimate of drug-likeness (QED) is 0.842. The van der Waals surface area contributed by atoms with Crippen molar-refractivity contribution in [2.75, 3.05) is 19.6 Å². The average Bonchev–Trinajstić information content (AvgIpc) is 3.10. The predicted molar refractivity (Wildman–Crippen MR) is 103 cm³/mol. The molecule has 0 bridgehead atoms. The van der Waals surface area contributed by atoms with Crippen LogP contribution in [-0.2, 0) is 11.2 Å². The van der Waals surface area contributed by atoms with Crippen molar-refractivity contribution >= 4 is 18.3 Å². The second-order valence-electron chi connectivity index (χ2n) is 7.42. The molecule has 2 heterocycles. The number of nitrogens with zero attached hydrogens (tertiary/aromatic N) is 1. The maximum absolute atomic E-state index is 12.4. The topological polar surface area (TPSA) is 67.2 Å². The lowest BCUT2D eigenvalue weighted by Crippen LogP contribution is -2.34. The van der Waals surface area contributed by atoms with Gasteiger partial charge in [0.25, 0.3) is 0 Å². The number of carbonyl (C=O) groups excluding carboxylic acids is 1. The summed E-state index contributed by atoms with van der Waals surface area (Å²) >= 11 is 0. The van der Waals surface area contributed by atoms with Crippen molar-refractivity contribution in [2.45, 2.75) is 32.6 Å². The van der Waals surface area contributed by atoms with Crippen LogP contribution in [0, 0.1) is 18.3 Å². The SMILES string of the molecule is Cc1ccc(-c2nc(CCNC(=O)C3CC34CCNCC4)co2)cc1.Cl. The zero-order valence-corrected chi connectivity index (χ0v) is 15.9. The van der Waals surface area contributed by atoms with Gasteiger partial charge in [-0.3, -0.25) is 4.79 Å². The van der Waals surface area contributed by atoms with Crippen molar-refractivity contribution in [2.24, 2.45) is 11.3 Å². The van der Waals surface area contributed by atoms with Crippen LogP contribution in [-0.4, -0.2) is 30.5 Å². The van der Waals surface area contributed by atoms with Gasteiger partial charge < -0.3 is 15.1 Å². The minimum absolute atomic E-state index is 0. The minimum Gasteiger partial charge on any atom is -0.444 e. The molecule has 1 aliphatic heterocycles. The van der Waals surface area contributed by atoms with Gasteiger partial charge in [-0.15, -0.1) is 12.4 Å². The van der Waals surface area contributed by atoms with Crippen molar-refractivity contribution in [3.63, 3.8) is 0 Å². The largest absolute Gasteiger partial charge is 0.444 e. The number of halogens is 1. The van der Waals surface area contributed by atoms with E-state index >= 15 is 0 Å². The van der Waals surface area contributed by atoms with E-state index in [1.54, 1.807) is 6.26 Å². The lowest BCUT2D eigenvalue weighted by molar-refractivity contribution is -0.123. The fraction of sp³-hybridized carbons (Fsp3) is 0.500. The van der Waals surface area contributed by atoms with Crippen molar-refractivity contribution in [3.05, 3.63) is 41.8 Å². The second-order valence-corrected chi connectivity index (χ2v) is 7.42. The van der Waals surface area contributed by atoms with Gasteiger partial charge in [0.1, 0.15) is 6.26 Å². The normalized spacial score (nSPS) is 20.4. The number of aryl methyl sites for hydroxylation is 1. The van der Waals surface area contributed by atoms with Crippen LogP contribution < -0.4 is 10.6 Å². The summed E-state index contributed by atoms with van der Waals surface area (Å²) in [6.07, 6.45) is 5.71. The third-order valence-corrected chi connectivity index (χ3v) is 5.64. The van der Waals surface area contributed by atoms with Gasteiger partial charge in [0.15, 0.2) is 0 Å². The molecule has 26 heavy (non-hydrogen) atoms. The highest BCUT2D eigenvalue weighted by molar-refractivity contribution is 5.85. The van der Waals surface area contributed by atoms with Gasteiger partial charge in [-0.2, -0.15) is 0 Å². The van der Waals surface area contributed by atoms with Crippen molar-refractivity contribution < 1.29 is 9.21 Å². The van der Waals surface area contributed by atoms with E-state index < -0.39 is 0 Å². The molecule has 1 aromatic heterocycles. The molecule has 0 radical (unpaired) electrons. The summed E-state index contributed by atoms with van der Waals surface area (Å²) in [6, 6.07) is 8.12. The molecule has 140 valence electrons. The summed E-state index contributed by atoms with van der Waals surface area (Å²) in [7, 11) is 0. The molecule has 1 amide bonds. The van der Waals surface area contributed by atoms with Crippen molar-refractivity contribution in [1.29, 1.82) is 0 Å². The van der Waals surface area contributed by atoms with E-state index in [2.05, 4.69) is 22.5 Å². The number of benzene rings is 1. The van der Waals surface area contributed by atoms with E-state index in [1.807, 2.05) is 24.3 Å². The lowest BCUT2D eigenvalue weighted by atomic mass is 9.92. The van der Waals surface area contributed by atoms with Crippen molar-refractivity contribution in [3.8, 4) is 11.5 Å². The zero-order valence-electron chi connectivity index (χ0n) is 15.1. The Morgan fingerprint density at radius 3 is 2.77 bits per heavy atom. The molecule has 1 aliphatic carbocycles. The molecule has 6 heteroatoms. The number of rotatable bonds is 5. The van der Waals surface area contributed by atoms with Crippen LogP contribution in [0.2, 0.25) is 0 Å². The van der Waals surface area contributed by atoms with Crippen LogP contribution in [0.15, 0.2) is 34.9 Å². The smallest absolute Gasteiger partial charge is 0.226 e. The molecule has 1 unspecified atom stereocenters. The molecule has 2 aromatic rings. The maximum Gasteiger partial charge on any atom is 0.226 e. The molecule has 2 N–H and O–H groups in total. The number of hydrogen-bond donors (Lipinski definition) is 2. The highest BCUT2D eigenvalue weighted by atomic mass is 35.5. The molecular weight excluding hydrogens is 350 g/mol. The molecule has 1 atom stereocenters. The number of carbonyl (C=O) groups is 1. The Hall–Kier alpha value is -1.85. The van der Waals surface area contributed by atoms with E-state index in [9.17, 15) is 4.79 Å². The molecule has 4 rings (SSSR count). The Morgan fingerprint density at radius 1 is 1.31 bits per heavy atom. The van der Waals surface area contributed by atoms with Crippen LogP contribution in [0.1, 0.15) is 30.5 Å². The number of aromatic nitrogens is 1. The number of oxazole rings is 1. The summed E-state index contributed by atoms with van der Waals surface area (Å²) in [5.41, 5.74) is 3.36. The Bertz CT molecular complexity index is 751. The molecule has 2 aliphatic rings. The van der Waals surface area contributed by atoms with Gasteiger partial charge >= 0.3 is 0 Å². The Balaban J connectivity index is 0.00000196. The van der Waals surface area contributed by atoms with Crippen LogP contribution in [0.4, 0.5) is 0 Å². The molecule has 2 fully saturated rings. The molecular formula is C20H26ClN3O2. The fourth-order valence-corrected chi connectivity index (χ4v) is 3.88. The summed E-state index contributed by atoms with van der Waals surface area (Å²) in [5, 5.41) is 6.45. The Labute approximate surface area is 160 Å². The first-order valence-corrected chi connectivity index (χ1v) is 9.16. The van der Waals surface area contributed by atoms with Gasteiger partial charge in [-0.25, -0.2) is 4.98 Å². The van der Waals surface area contributed by atoms with Crippen LogP contribution >= 0.6 is 12.4 Å². The van der Waals surface area contributed by atoms with Gasteiger partial charge in [0.2, 0.25) is 11.8 Å². The van der Waals surface area contributed by atoms with Gasteiger partial charge in [-0.1, -0.05) is 17.7 Å². The first kappa shape index (κ1) is 18.9. The molecule has 5 nitrogen and oxygen atoms in total. The zero-order chi connectivity index (χ0) is 17.3. The Morgan fingerprint density at radius 2 is 2.04 bits per heavy atom. The monoisotopic (exact) mass is 375 g/mol. The van der Waals surface area contributed by atoms with E-state index in [0.717, 1.165) is 43.6 Å². The third-order valence-electron chi connectivity index (χ3n) is 5.64. The van der Waals surface area contributed by atoms with Gasteiger partial charge in [0.05, 0.1) is 5.69 Å². The second kappa shape index (κ2) is 7.80.